The molecule has 1 saturated heterocycles. The number of fused-ring (bicyclic) bond motifs is 1. The molecule has 3 aromatic rings. The molecule has 28 heavy (non-hydrogen) atoms. The molecule has 1 fully saturated rings. The molecule has 1 aromatic carbocycles. The molecule has 0 bridgehead atoms. The van der Waals surface area contributed by atoms with Gasteiger partial charge in [-0.3, -0.25) is 4.79 Å². The quantitative estimate of drug-likeness (QED) is 0.673. The summed E-state index contributed by atoms with van der Waals surface area (Å²) in [5.41, 5.74) is 2.06. The number of halogens is 1. The number of carbonyl (C=O) groups is 1. The fraction of sp³-hybridized carbons (Fsp3) is 0.350. The molecule has 0 saturated carbocycles. The summed E-state index contributed by atoms with van der Waals surface area (Å²) >= 11 is 1.60. The van der Waals surface area contributed by atoms with E-state index in [0.29, 0.717) is 32.1 Å². The van der Waals surface area contributed by atoms with Gasteiger partial charge in [-0.2, -0.15) is 0 Å². The number of anilines is 1. The Morgan fingerprint density at radius 2 is 1.86 bits per heavy atom. The monoisotopic (exact) mass is 400 g/mol. The number of aromatic nitrogens is 2. The summed E-state index contributed by atoms with van der Waals surface area (Å²) < 4.78 is 18.8. The Balaban J connectivity index is 1.36. The van der Waals surface area contributed by atoms with Crippen LogP contribution in [0.15, 0.2) is 30.6 Å². The molecule has 0 radical (unpaired) electrons. The van der Waals surface area contributed by atoms with Crippen molar-refractivity contribution in [2.45, 2.75) is 13.8 Å². The molecule has 1 aliphatic heterocycles. The van der Waals surface area contributed by atoms with Crippen LogP contribution in [-0.4, -0.2) is 53.6 Å². The number of thiophene rings is 1. The molecule has 0 unspecified atom stereocenters. The van der Waals surface area contributed by atoms with E-state index in [9.17, 15) is 9.18 Å². The zero-order valence-electron chi connectivity index (χ0n) is 15.8. The maximum atomic E-state index is 13.1. The second-order valence-corrected chi connectivity index (χ2v) is 7.98. The van der Waals surface area contributed by atoms with Crippen molar-refractivity contribution in [3.8, 4) is 5.88 Å². The molecule has 146 valence electrons. The standard InChI is InChI=1S/C20H21FN4O2S/c1-13-14(2)28-20-18(13)19(22-12-23-20)27-11-17(26)25-9-7-24(8-10-25)16-5-3-15(21)4-6-16/h3-6,12H,7-11H2,1-2H3. The average molecular weight is 400 g/mol. The van der Waals surface area contributed by atoms with Crippen molar-refractivity contribution >= 4 is 33.1 Å². The molecule has 0 spiro atoms. The molecule has 0 N–H and O–H groups in total. The van der Waals surface area contributed by atoms with Crippen molar-refractivity contribution in [2.75, 3.05) is 37.7 Å². The summed E-state index contributed by atoms with van der Waals surface area (Å²) in [6.07, 6.45) is 1.47. The minimum atomic E-state index is -0.246. The number of benzene rings is 1. The largest absolute Gasteiger partial charge is 0.467 e. The number of rotatable bonds is 4. The van der Waals surface area contributed by atoms with Crippen molar-refractivity contribution in [1.82, 2.24) is 14.9 Å². The molecule has 0 atom stereocenters. The van der Waals surface area contributed by atoms with E-state index >= 15 is 0 Å². The van der Waals surface area contributed by atoms with Crippen molar-refractivity contribution in [2.24, 2.45) is 0 Å². The van der Waals surface area contributed by atoms with Gasteiger partial charge < -0.3 is 14.5 Å². The highest BCUT2D eigenvalue weighted by Gasteiger charge is 2.22. The van der Waals surface area contributed by atoms with Crippen LogP contribution in [0.2, 0.25) is 0 Å². The minimum absolute atomic E-state index is 0.0446. The Kier molecular flexibility index (Phi) is 5.13. The maximum Gasteiger partial charge on any atom is 0.260 e. The van der Waals surface area contributed by atoms with E-state index < -0.39 is 0 Å². The fourth-order valence-electron chi connectivity index (χ4n) is 3.35. The van der Waals surface area contributed by atoms with E-state index in [1.54, 1.807) is 28.4 Å². The van der Waals surface area contributed by atoms with Gasteiger partial charge in [-0.15, -0.1) is 11.3 Å². The van der Waals surface area contributed by atoms with Crippen LogP contribution in [0.3, 0.4) is 0 Å². The lowest BCUT2D eigenvalue weighted by molar-refractivity contribution is -0.133. The second kappa shape index (κ2) is 7.71. The van der Waals surface area contributed by atoms with Gasteiger partial charge in [-0.25, -0.2) is 14.4 Å². The van der Waals surface area contributed by atoms with Gasteiger partial charge in [-0.05, 0) is 43.7 Å². The second-order valence-electron chi connectivity index (χ2n) is 6.78. The Labute approximate surface area is 166 Å². The molecule has 8 heteroatoms. The lowest BCUT2D eigenvalue weighted by Crippen LogP contribution is -2.50. The predicted molar refractivity (Wildman–Crippen MR) is 108 cm³/mol. The van der Waals surface area contributed by atoms with Crippen LogP contribution in [0, 0.1) is 19.7 Å². The van der Waals surface area contributed by atoms with Gasteiger partial charge >= 0.3 is 0 Å². The third kappa shape index (κ3) is 3.64. The summed E-state index contributed by atoms with van der Waals surface area (Å²) in [5.74, 6) is 0.157. The Morgan fingerprint density at radius 1 is 1.14 bits per heavy atom. The molecule has 3 heterocycles. The van der Waals surface area contributed by atoms with Gasteiger partial charge in [0.2, 0.25) is 5.88 Å². The third-order valence-corrected chi connectivity index (χ3v) is 6.20. The van der Waals surface area contributed by atoms with Gasteiger partial charge in [0.25, 0.3) is 5.91 Å². The first-order valence-corrected chi connectivity index (χ1v) is 9.96. The molecule has 1 amide bonds. The lowest BCUT2D eigenvalue weighted by Gasteiger charge is -2.36. The first-order chi connectivity index (χ1) is 13.5. The van der Waals surface area contributed by atoms with Crippen molar-refractivity contribution in [3.63, 3.8) is 0 Å². The zero-order valence-corrected chi connectivity index (χ0v) is 16.6. The Bertz CT molecular complexity index is 997. The predicted octanol–water partition coefficient (Wildman–Crippen LogP) is 3.17. The highest BCUT2D eigenvalue weighted by atomic mass is 32.1. The van der Waals surface area contributed by atoms with Crippen LogP contribution < -0.4 is 9.64 Å². The summed E-state index contributed by atoms with van der Waals surface area (Å²) in [5, 5.41) is 0.888. The van der Waals surface area contributed by atoms with Crippen molar-refractivity contribution in [1.29, 1.82) is 0 Å². The van der Waals surface area contributed by atoms with Crippen LogP contribution >= 0.6 is 11.3 Å². The number of ether oxygens (including phenoxy) is 1. The third-order valence-electron chi connectivity index (χ3n) is 5.09. The van der Waals surface area contributed by atoms with Crippen molar-refractivity contribution < 1.29 is 13.9 Å². The number of piperazine rings is 1. The van der Waals surface area contributed by atoms with Gasteiger partial charge in [0.05, 0.1) is 5.39 Å². The summed E-state index contributed by atoms with van der Waals surface area (Å²) in [4.78, 5) is 27.1. The summed E-state index contributed by atoms with van der Waals surface area (Å²) in [6, 6.07) is 6.44. The Morgan fingerprint density at radius 3 is 2.57 bits per heavy atom. The van der Waals surface area contributed by atoms with Gasteiger partial charge in [0.15, 0.2) is 6.61 Å². The molecular weight excluding hydrogens is 379 g/mol. The van der Waals surface area contributed by atoms with Crippen LogP contribution in [-0.2, 0) is 4.79 Å². The number of nitrogens with zero attached hydrogens (tertiary/aromatic N) is 4. The highest BCUT2D eigenvalue weighted by Crippen LogP contribution is 2.33. The molecule has 6 nitrogen and oxygen atoms in total. The van der Waals surface area contributed by atoms with E-state index in [2.05, 4.69) is 14.9 Å². The molecular formula is C20H21FN4O2S. The molecule has 4 rings (SSSR count). The van der Waals surface area contributed by atoms with E-state index in [0.717, 1.165) is 21.5 Å². The number of carbonyl (C=O) groups excluding carboxylic acids is 1. The number of amides is 1. The van der Waals surface area contributed by atoms with Crippen LogP contribution in [0.5, 0.6) is 5.88 Å². The SMILES string of the molecule is Cc1sc2ncnc(OCC(=O)N3CCN(c4ccc(F)cc4)CC3)c2c1C. The minimum Gasteiger partial charge on any atom is -0.467 e. The number of hydrogen-bond donors (Lipinski definition) is 0. The fourth-order valence-corrected chi connectivity index (χ4v) is 4.33. The average Bonchev–Trinajstić information content (AvgIpc) is 3.01. The van der Waals surface area contributed by atoms with E-state index in [-0.39, 0.29) is 18.3 Å². The normalized spacial score (nSPS) is 14.5. The van der Waals surface area contributed by atoms with Gasteiger partial charge in [0, 0.05) is 36.7 Å². The first kappa shape index (κ1) is 18.6. The van der Waals surface area contributed by atoms with Crippen LogP contribution in [0.25, 0.3) is 10.2 Å². The van der Waals surface area contributed by atoms with E-state index in [1.807, 2.05) is 13.8 Å². The van der Waals surface area contributed by atoms with Crippen LogP contribution in [0.1, 0.15) is 10.4 Å². The van der Waals surface area contributed by atoms with E-state index in [4.69, 9.17) is 4.74 Å². The molecule has 0 aliphatic carbocycles. The summed E-state index contributed by atoms with van der Waals surface area (Å²) in [7, 11) is 0. The Hall–Kier alpha value is -2.74. The zero-order chi connectivity index (χ0) is 19.7. The smallest absolute Gasteiger partial charge is 0.260 e. The van der Waals surface area contributed by atoms with Gasteiger partial charge in [-0.1, -0.05) is 0 Å². The van der Waals surface area contributed by atoms with Gasteiger partial charge in [0.1, 0.15) is 17.0 Å². The number of hydrogen-bond acceptors (Lipinski definition) is 6. The maximum absolute atomic E-state index is 13.1. The molecule has 1 aliphatic rings. The summed E-state index contributed by atoms with van der Waals surface area (Å²) in [6.45, 7) is 6.63. The van der Waals surface area contributed by atoms with E-state index in [1.165, 1.54) is 23.3 Å². The first-order valence-electron chi connectivity index (χ1n) is 9.14. The molecule has 2 aromatic heterocycles. The van der Waals surface area contributed by atoms with Crippen molar-refractivity contribution in [3.05, 3.63) is 46.9 Å². The highest BCUT2D eigenvalue weighted by molar-refractivity contribution is 7.18. The topological polar surface area (TPSA) is 58.6 Å². The lowest BCUT2D eigenvalue weighted by atomic mass is 10.2. The number of aryl methyl sites for hydroxylation is 2. The van der Waals surface area contributed by atoms with Crippen LogP contribution in [0.4, 0.5) is 10.1 Å².